The van der Waals surface area contributed by atoms with Crippen molar-refractivity contribution in [2.45, 2.75) is 32.9 Å². The van der Waals surface area contributed by atoms with Crippen molar-refractivity contribution in [1.29, 1.82) is 0 Å². The third kappa shape index (κ3) is 4.20. The summed E-state index contributed by atoms with van der Waals surface area (Å²) >= 11 is 1.20. The predicted molar refractivity (Wildman–Crippen MR) is 89.7 cm³/mol. The second kappa shape index (κ2) is 7.42. The van der Waals surface area contributed by atoms with E-state index in [0.29, 0.717) is 17.9 Å². The Labute approximate surface area is 143 Å². The minimum atomic E-state index is -4.89. The van der Waals surface area contributed by atoms with E-state index in [9.17, 15) is 18.0 Å². The molecule has 0 aromatic carbocycles. The molecule has 2 rings (SSSR count). The minimum Gasteiger partial charge on any atom is -0.302 e. The summed E-state index contributed by atoms with van der Waals surface area (Å²) in [6.07, 6.45) is 1.74. The maximum Gasteiger partial charge on any atom is 0.471 e. The van der Waals surface area contributed by atoms with Crippen LogP contribution < -0.4 is 0 Å². The molecule has 0 radical (unpaired) electrons. The predicted octanol–water partition coefficient (Wildman–Crippen LogP) is 4.84. The number of thioether (sulfide) groups is 1. The Morgan fingerprint density at radius 1 is 1.38 bits per heavy atom. The highest BCUT2D eigenvalue weighted by Gasteiger charge is 2.43. The Morgan fingerprint density at radius 2 is 2.08 bits per heavy atom. The SMILES string of the molecule is CC(C)C1=C(N(C)C(=O)C(F)(F)F)SC(c2cccnc2)=CCC1. The van der Waals surface area contributed by atoms with Crippen molar-refractivity contribution >= 4 is 22.6 Å². The van der Waals surface area contributed by atoms with E-state index in [2.05, 4.69) is 4.98 Å². The first-order chi connectivity index (χ1) is 11.2. The molecule has 0 saturated heterocycles. The highest BCUT2D eigenvalue weighted by atomic mass is 32.2. The molecule has 0 saturated carbocycles. The van der Waals surface area contributed by atoms with Crippen LogP contribution in [0.4, 0.5) is 13.2 Å². The van der Waals surface area contributed by atoms with Gasteiger partial charge in [-0.1, -0.05) is 37.8 Å². The van der Waals surface area contributed by atoms with Crippen LogP contribution in [0.15, 0.2) is 41.2 Å². The zero-order valence-electron chi connectivity index (χ0n) is 13.7. The maximum atomic E-state index is 12.9. The van der Waals surface area contributed by atoms with Crippen molar-refractivity contribution in [3.63, 3.8) is 0 Å². The van der Waals surface area contributed by atoms with E-state index >= 15 is 0 Å². The second-order valence-corrected chi connectivity index (χ2v) is 6.83. The number of carbonyl (C=O) groups is 1. The van der Waals surface area contributed by atoms with Gasteiger partial charge >= 0.3 is 12.1 Å². The van der Waals surface area contributed by atoms with Gasteiger partial charge in [0.2, 0.25) is 0 Å². The minimum absolute atomic E-state index is 0.0534. The highest BCUT2D eigenvalue weighted by Crippen LogP contribution is 2.43. The molecule has 0 aliphatic carbocycles. The third-order valence-electron chi connectivity index (χ3n) is 3.72. The number of amides is 1. The number of hydrogen-bond donors (Lipinski definition) is 0. The molecular formula is C17H19F3N2OS. The van der Waals surface area contributed by atoms with E-state index in [-0.39, 0.29) is 5.92 Å². The lowest BCUT2D eigenvalue weighted by Gasteiger charge is -2.26. The summed E-state index contributed by atoms with van der Waals surface area (Å²) < 4.78 is 38.6. The van der Waals surface area contributed by atoms with Crippen LogP contribution in [0.2, 0.25) is 0 Å². The van der Waals surface area contributed by atoms with Crippen molar-refractivity contribution in [2.24, 2.45) is 5.92 Å². The number of halogens is 3. The fourth-order valence-corrected chi connectivity index (χ4v) is 3.80. The lowest BCUT2D eigenvalue weighted by atomic mass is 9.99. The first-order valence-electron chi connectivity index (χ1n) is 7.58. The molecule has 3 nitrogen and oxygen atoms in total. The van der Waals surface area contributed by atoms with Crippen LogP contribution in [-0.2, 0) is 4.79 Å². The van der Waals surface area contributed by atoms with Crippen molar-refractivity contribution < 1.29 is 18.0 Å². The molecule has 0 unspecified atom stereocenters. The Hall–Kier alpha value is -1.76. The fourth-order valence-electron chi connectivity index (χ4n) is 2.46. The van der Waals surface area contributed by atoms with E-state index in [1.807, 2.05) is 26.0 Å². The van der Waals surface area contributed by atoms with Gasteiger partial charge in [-0.25, -0.2) is 0 Å². The van der Waals surface area contributed by atoms with Crippen molar-refractivity contribution in [3.05, 3.63) is 46.8 Å². The summed E-state index contributed by atoms with van der Waals surface area (Å²) in [5, 5.41) is 0.361. The fraction of sp³-hybridized carbons (Fsp3) is 0.412. The van der Waals surface area contributed by atoms with Gasteiger partial charge in [-0.15, -0.1) is 0 Å². The number of nitrogens with zero attached hydrogens (tertiary/aromatic N) is 2. The van der Waals surface area contributed by atoms with Gasteiger partial charge in [0.25, 0.3) is 0 Å². The molecule has 1 aliphatic heterocycles. The van der Waals surface area contributed by atoms with Gasteiger partial charge in [0, 0.05) is 29.9 Å². The Kier molecular flexibility index (Phi) is 5.74. The normalized spacial score (nSPS) is 16.0. The second-order valence-electron chi connectivity index (χ2n) is 5.80. The Bertz CT molecular complexity index is 666. The molecule has 1 aromatic rings. The quantitative estimate of drug-likeness (QED) is 0.777. The Balaban J connectivity index is 2.42. The van der Waals surface area contributed by atoms with Crippen molar-refractivity contribution in [3.8, 4) is 0 Å². The molecule has 1 amide bonds. The average Bonchev–Trinajstić information content (AvgIpc) is 2.76. The summed E-state index contributed by atoms with van der Waals surface area (Å²) in [7, 11) is 1.19. The molecule has 24 heavy (non-hydrogen) atoms. The van der Waals surface area contributed by atoms with E-state index in [0.717, 1.165) is 20.9 Å². The standard InChI is InChI=1S/C17H19F3N2OS/c1-11(2)13-7-4-8-14(12-6-5-9-21-10-12)24-15(13)22(3)16(23)17(18,19)20/h5-6,8-11H,4,7H2,1-3H3. The smallest absolute Gasteiger partial charge is 0.302 e. The number of allylic oxidation sites excluding steroid dienone is 2. The number of alkyl halides is 3. The molecule has 7 heteroatoms. The van der Waals surface area contributed by atoms with E-state index < -0.39 is 12.1 Å². The number of hydrogen-bond acceptors (Lipinski definition) is 3. The molecular weight excluding hydrogens is 337 g/mol. The summed E-state index contributed by atoms with van der Waals surface area (Å²) in [5.41, 5.74) is 1.69. The first kappa shape index (κ1) is 18.6. The molecule has 1 aromatic heterocycles. The largest absolute Gasteiger partial charge is 0.471 e. The number of pyridine rings is 1. The van der Waals surface area contributed by atoms with Gasteiger partial charge in [-0.2, -0.15) is 13.2 Å². The van der Waals surface area contributed by atoms with Crippen LogP contribution in [-0.4, -0.2) is 29.0 Å². The maximum absolute atomic E-state index is 12.9. The summed E-state index contributed by atoms with van der Waals surface area (Å²) in [5.74, 6) is -1.80. The van der Waals surface area contributed by atoms with Gasteiger partial charge < -0.3 is 4.90 Å². The lowest BCUT2D eigenvalue weighted by molar-refractivity contribution is -0.181. The van der Waals surface area contributed by atoms with Crippen LogP contribution in [0.1, 0.15) is 32.3 Å². The monoisotopic (exact) mass is 356 g/mol. The number of rotatable bonds is 3. The number of aromatic nitrogens is 1. The van der Waals surface area contributed by atoms with Crippen molar-refractivity contribution in [1.82, 2.24) is 9.88 Å². The molecule has 0 spiro atoms. The van der Waals surface area contributed by atoms with Crippen LogP contribution >= 0.6 is 11.8 Å². The van der Waals surface area contributed by atoms with Gasteiger partial charge in [-0.3, -0.25) is 9.78 Å². The topological polar surface area (TPSA) is 33.2 Å². The first-order valence-corrected chi connectivity index (χ1v) is 8.39. The van der Waals surface area contributed by atoms with E-state index in [4.69, 9.17) is 0 Å². The molecule has 0 N–H and O–H groups in total. The average molecular weight is 356 g/mol. The van der Waals surface area contributed by atoms with E-state index in [1.54, 1.807) is 18.5 Å². The Morgan fingerprint density at radius 3 is 2.62 bits per heavy atom. The van der Waals surface area contributed by atoms with Crippen LogP contribution in [0.5, 0.6) is 0 Å². The molecule has 0 atom stereocenters. The zero-order valence-corrected chi connectivity index (χ0v) is 14.5. The molecule has 1 aliphatic rings. The summed E-state index contributed by atoms with van der Waals surface area (Å²) in [4.78, 5) is 17.3. The molecule has 2 heterocycles. The van der Waals surface area contributed by atoms with Gasteiger partial charge in [0.1, 0.15) is 0 Å². The van der Waals surface area contributed by atoms with Crippen LogP contribution in [0.3, 0.4) is 0 Å². The zero-order chi connectivity index (χ0) is 17.9. The number of carbonyl (C=O) groups excluding carboxylic acids is 1. The van der Waals surface area contributed by atoms with E-state index in [1.165, 1.54) is 18.8 Å². The summed E-state index contributed by atoms with van der Waals surface area (Å²) in [6.45, 7) is 3.85. The van der Waals surface area contributed by atoms with Gasteiger partial charge in [0.15, 0.2) is 0 Å². The molecule has 0 bridgehead atoms. The van der Waals surface area contributed by atoms with Gasteiger partial charge in [0.05, 0.1) is 5.03 Å². The van der Waals surface area contributed by atoms with Crippen molar-refractivity contribution in [2.75, 3.05) is 7.05 Å². The molecule has 130 valence electrons. The molecule has 0 fully saturated rings. The highest BCUT2D eigenvalue weighted by molar-refractivity contribution is 8.11. The third-order valence-corrected chi connectivity index (χ3v) is 5.07. The lowest BCUT2D eigenvalue weighted by Crippen LogP contribution is -2.38. The van der Waals surface area contributed by atoms with Crippen LogP contribution in [0, 0.1) is 5.92 Å². The van der Waals surface area contributed by atoms with Gasteiger partial charge in [-0.05, 0) is 30.4 Å². The summed E-state index contributed by atoms with van der Waals surface area (Å²) in [6, 6.07) is 3.63. The van der Waals surface area contributed by atoms with Crippen LogP contribution in [0.25, 0.3) is 4.91 Å².